The number of aliphatic carboxylic acids is 1. The number of carbonyl (C=O) groups is 2. The van der Waals surface area contributed by atoms with Crippen molar-refractivity contribution in [2.45, 2.75) is 63.8 Å². The zero-order chi connectivity index (χ0) is 19.8. The van der Waals surface area contributed by atoms with E-state index in [1.165, 1.54) is 27.7 Å². The summed E-state index contributed by atoms with van der Waals surface area (Å²) in [4.78, 5) is 23.9. The third-order valence-electron chi connectivity index (χ3n) is 4.73. The van der Waals surface area contributed by atoms with E-state index in [0.717, 1.165) is 0 Å². The Kier molecular flexibility index (Phi) is 5.48. The monoisotopic (exact) mass is 387 g/mol. The lowest BCUT2D eigenvalue weighted by Crippen LogP contribution is -2.58. The van der Waals surface area contributed by atoms with Gasteiger partial charge in [-0.05, 0) is 40.5 Å². The Morgan fingerprint density at radius 2 is 1.85 bits per heavy atom. The minimum atomic E-state index is -4.02. The number of aryl methyl sites for hydroxylation is 2. The van der Waals surface area contributed by atoms with Gasteiger partial charge in [-0.15, -0.1) is 0 Å². The lowest BCUT2D eigenvalue weighted by Gasteiger charge is -2.30. The molecule has 0 aliphatic heterocycles. The summed E-state index contributed by atoms with van der Waals surface area (Å²) >= 11 is 0. The molecule has 1 heterocycles. The number of carbonyl (C=O) groups excluding carboxylic acids is 1. The highest BCUT2D eigenvalue weighted by atomic mass is 32.2. The number of nitrogens with one attached hydrogen (secondary N) is 2. The zero-order valence-electron chi connectivity index (χ0n) is 15.4. The largest absolute Gasteiger partial charge is 0.481 e. The molecule has 1 aromatic rings. The molecule has 0 unspecified atom stereocenters. The highest BCUT2D eigenvalue weighted by Crippen LogP contribution is 2.33. The van der Waals surface area contributed by atoms with Gasteiger partial charge in [-0.3, -0.25) is 9.59 Å². The number of rotatable bonds is 7. The predicted octanol–water partition coefficient (Wildman–Crippen LogP) is 1.11. The first-order chi connectivity index (χ1) is 11.9. The second-order valence-electron chi connectivity index (χ2n) is 7.42. The van der Waals surface area contributed by atoms with Gasteiger partial charge in [0, 0.05) is 6.54 Å². The van der Waals surface area contributed by atoms with Crippen molar-refractivity contribution >= 4 is 21.9 Å². The van der Waals surface area contributed by atoms with Crippen molar-refractivity contribution in [3.8, 4) is 0 Å². The Morgan fingerprint density at radius 3 is 2.31 bits per heavy atom. The number of hydrogen-bond donors (Lipinski definition) is 3. The Morgan fingerprint density at radius 1 is 1.27 bits per heavy atom. The second-order valence-corrected chi connectivity index (χ2v) is 9.04. The third-order valence-corrected chi connectivity index (χ3v) is 6.51. The summed E-state index contributed by atoms with van der Waals surface area (Å²) in [6, 6.07) is 0. The number of aromatic nitrogens is 1. The van der Waals surface area contributed by atoms with Crippen molar-refractivity contribution in [2.75, 3.05) is 6.54 Å². The van der Waals surface area contributed by atoms with Gasteiger partial charge in [0.15, 0.2) is 5.76 Å². The van der Waals surface area contributed by atoms with Crippen LogP contribution in [-0.4, -0.2) is 42.6 Å². The summed E-state index contributed by atoms with van der Waals surface area (Å²) in [6.07, 6.45) is 2.07. The summed E-state index contributed by atoms with van der Waals surface area (Å²) < 4.78 is 33.1. The summed E-state index contributed by atoms with van der Waals surface area (Å²) in [5.74, 6) is -1.41. The van der Waals surface area contributed by atoms with Gasteiger partial charge < -0.3 is 14.9 Å². The van der Waals surface area contributed by atoms with Crippen LogP contribution < -0.4 is 10.0 Å². The van der Waals surface area contributed by atoms with Crippen LogP contribution in [0.25, 0.3) is 0 Å². The molecule has 0 bridgehead atoms. The number of amides is 1. The molecule has 0 radical (unpaired) electrons. The number of nitrogens with zero attached hydrogens (tertiary/aromatic N) is 1. The van der Waals surface area contributed by atoms with Crippen molar-refractivity contribution < 1.29 is 27.6 Å². The maximum atomic E-state index is 12.8. The molecule has 1 aliphatic carbocycles. The van der Waals surface area contributed by atoms with Gasteiger partial charge in [0.1, 0.15) is 16.1 Å². The molecule has 1 fully saturated rings. The van der Waals surface area contributed by atoms with E-state index in [1.54, 1.807) is 0 Å². The second kappa shape index (κ2) is 6.99. The van der Waals surface area contributed by atoms with E-state index in [4.69, 9.17) is 4.52 Å². The number of hydrogen-bond acceptors (Lipinski definition) is 6. The number of carboxylic acids is 1. The minimum Gasteiger partial charge on any atom is -0.481 e. The standard InChI is InChI=1S/C16H25N3O6S/c1-10-12(11(2)25-18-10)26(23,24)19-16(7-5-6-8-16)13(20)17-9-15(3,4)14(21)22/h19H,5-9H2,1-4H3,(H,17,20)(H,21,22). The van der Waals surface area contributed by atoms with Crippen LogP contribution >= 0.6 is 0 Å². The maximum Gasteiger partial charge on any atom is 0.310 e. The van der Waals surface area contributed by atoms with E-state index in [0.29, 0.717) is 25.7 Å². The molecule has 3 N–H and O–H groups in total. The molecule has 0 spiro atoms. The third kappa shape index (κ3) is 3.90. The van der Waals surface area contributed by atoms with E-state index in [9.17, 15) is 23.1 Å². The van der Waals surface area contributed by atoms with Crippen LogP contribution in [0.2, 0.25) is 0 Å². The lowest BCUT2D eigenvalue weighted by molar-refractivity contribution is -0.147. The van der Waals surface area contributed by atoms with E-state index in [-0.39, 0.29) is 22.9 Å². The van der Waals surface area contributed by atoms with Gasteiger partial charge in [-0.25, -0.2) is 8.42 Å². The molecule has 1 aromatic heterocycles. The molecule has 0 saturated heterocycles. The molecule has 2 rings (SSSR count). The van der Waals surface area contributed by atoms with Crippen molar-refractivity contribution in [3.63, 3.8) is 0 Å². The number of carboxylic acid groups (broad SMARTS) is 1. The molecule has 1 saturated carbocycles. The molecule has 1 amide bonds. The fraction of sp³-hybridized carbons (Fsp3) is 0.688. The summed E-state index contributed by atoms with van der Waals surface area (Å²) in [5.41, 5.74) is -2.24. The average Bonchev–Trinajstić information content (AvgIpc) is 3.12. The molecule has 0 atom stereocenters. The van der Waals surface area contributed by atoms with E-state index < -0.39 is 32.9 Å². The maximum absolute atomic E-state index is 12.8. The topological polar surface area (TPSA) is 139 Å². The Bertz CT molecular complexity index is 786. The van der Waals surface area contributed by atoms with Crippen LogP contribution in [0.1, 0.15) is 51.0 Å². The van der Waals surface area contributed by atoms with Crippen molar-refractivity contribution in [2.24, 2.45) is 5.41 Å². The Labute approximate surface area is 152 Å². The molecule has 146 valence electrons. The molecule has 10 heteroatoms. The molecule has 0 aromatic carbocycles. The molecular formula is C16H25N3O6S. The Hall–Kier alpha value is -1.94. The fourth-order valence-corrected chi connectivity index (χ4v) is 4.82. The van der Waals surface area contributed by atoms with Crippen LogP contribution in [0.4, 0.5) is 0 Å². The van der Waals surface area contributed by atoms with Crippen LogP contribution in [0.15, 0.2) is 9.42 Å². The van der Waals surface area contributed by atoms with Gasteiger partial charge in [0.05, 0.1) is 5.41 Å². The van der Waals surface area contributed by atoms with Crippen LogP contribution in [-0.2, 0) is 19.6 Å². The summed E-state index contributed by atoms with van der Waals surface area (Å²) in [5, 5.41) is 15.4. The highest BCUT2D eigenvalue weighted by molar-refractivity contribution is 7.89. The van der Waals surface area contributed by atoms with Crippen molar-refractivity contribution in [1.82, 2.24) is 15.2 Å². The smallest absolute Gasteiger partial charge is 0.310 e. The number of sulfonamides is 1. The van der Waals surface area contributed by atoms with Gasteiger partial charge in [-0.1, -0.05) is 18.0 Å². The first-order valence-corrected chi connectivity index (χ1v) is 9.88. The van der Waals surface area contributed by atoms with Gasteiger partial charge in [0.25, 0.3) is 0 Å². The first-order valence-electron chi connectivity index (χ1n) is 8.40. The van der Waals surface area contributed by atoms with Crippen LogP contribution in [0.5, 0.6) is 0 Å². The summed E-state index contributed by atoms with van der Waals surface area (Å²) in [7, 11) is -4.02. The van der Waals surface area contributed by atoms with Crippen LogP contribution in [0.3, 0.4) is 0 Å². The molecular weight excluding hydrogens is 362 g/mol. The van der Waals surface area contributed by atoms with Crippen LogP contribution in [0, 0.1) is 19.3 Å². The quantitative estimate of drug-likeness (QED) is 0.637. The Balaban J connectivity index is 2.25. The fourth-order valence-electron chi connectivity index (χ4n) is 3.07. The molecule has 9 nitrogen and oxygen atoms in total. The average molecular weight is 387 g/mol. The van der Waals surface area contributed by atoms with Crippen molar-refractivity contribution in [3.05, 3.63) is 11.5 Å². The zero-order valence-corrected chi connectivity index (χ0v) is 16.2. The van der Waals surface area contributed by atoms with E-state index >= 15 is 0 Å². The minimum absolute atomic E-state index is 0.0672. The normalized spacial score (nSPS) is 17.2. The van der Waals surface area contributed by atoms with Gasteiger partial charge in [-0.2, -0.15) is 4.72 Å². The van der Waals surface area contributed by atoms with Crippen molar-refractivity contribution in [1.29, 1.82) is 0 Å². The van der Waals surface area contributed by atoms with E-state index in [2.05, 4.69) is 15.2 Å². The van der Waals surface area contributed by atoms with E-state index in [1.807, 2.05) is 0 Å². The molecule has 1 aliphatic rings. The van der Waals surface area contributed by atoms with Gasteiger partial charge in [0.2, 0.25) is 15.9 Å². The first kappa shape index (κ1) is 20.4. The SMILES string of the molecule is Cc1noc(C)c1S(=O)(=O)NC1(C(=O)NCC(C)(C)C(=O)O)CCCC1. The predicted molar refractivity (Wildman–Crippen MR) is 91.9 cm³/mol. The molecule has 26 heavy (non-hydrogen) atoms. The van der Waals surface area contributed by atoms with Gasteiger partial charge >= 0.3 is 5.97 Å². The highest BCUT2D eigenvalue weighted by Gasteiger charge is 2.46. The summed E-state index contributed by atoms with van der Waals surface area (Å²) in [6.45, 7) is 5.89. The lowest BCUT2D eigenvalue weighted by atomic mass is 9.92.